The second kappa shape index (κ2) is 7.00. The number of anilines is 1. The first kappa shape index (κ1) is 16.4. The first-order valence-electron chi connectivity index (χ1n) is 8.08. The van der Waals surface area contributed by atoms with Crippen molar-refractivity contribution in [3.63, 3.8) is 0 Å². The second-order valence-electron chi connectivity index (χ2n) is 6.13. The molecule has 0 amide bonds. The Morgan fingerprint density at radius 2 is 2.17 bits per heavy atom. The zero-order valence-corrected chi connectivity index (χ0v) is 14.3. The number of hydrogen-bond acceptors (Lipinski definition) is 6. The van der Waals surface area contributed by atoms with E-state index in [-0.39, 0.29) is 5.56 Å². The van der Waals surface area contributed by atoms with Crippen molar-refractivity contribution in [2.75, 3.05) is 31.6 Å². The highest BCUT2D eigenvalue weighted by atomic mass is 16.5. The van der Waals surface area contributed by atoms with Gasteiger partial charge in [0.05, 0.1) is 19.1 Å². The van der Waals surface area contributed by atoms with Gasteiger partial charge in [-0.1, -0.05) is 6.07 Å². The van der Waals surface area contributed by atoms with Crippen LogP contribution in [-0.2, 0) is 13.6 Å². The average molecular weight is 329 g/mol. The maximum absolute atomic E-state index is 11.8. The highest BCUT2D eigenvalue weighted by Gasteiger charge is 2.25. The van der Waals surface area contributed by atoms with Crippen LogP contribution in [0.5, 0.6) is 5.88 Å². The zero-order valence-electron chi connectivity index (χ0n) is 14.3. The van der Waals surface area contributed by atoms with Crippen LogP contribution in [0.15, 0.2) is 35.4 Å². The van der Waals surface area contributed by atoms with Gasteiger partial charge in [0.25, 0.3) is 5.56 Å². The largest absolute Gasteiger partial charge is 0.481 e. The van der Waals surface area contributed by atoms with Crippen LogP contribution in [0.3, 0.4) is 0 Å². The van der Waals surface area contributed by atoms with E-state index in [4.69, 9.17) is 4.74 Å². The first-order chi connectivity index (χ1) is 11.6. The van der Waals surface area contributed by atoms with Crippen LogP contribution in [0, 0.1) is 0 Å². The molecule has 0 N–H and O–H groups in total. The van der Waals surface area contributed by atoms with Crippen molar-refractivity contribution in [3.05, 3.63) is 46.6 Å². The highest BCUT2D eigenvalue weighted by molar-refractivity contribution is 5.37. The highest BCUT2D eigenvalue weighted by Crippen LogP contribution is 2.18. The molecule has 1 aliphatic heterocycles. The van der Waals surface area contributed by atoms with Gasteiger partial charge in [-0.15, -0.1) is 0 Å². The normalized spacial score (nSPS) is 18.6. The van der Waals surface area contributed by atoms with Crippen molar-refractivity contribution in [3.8, 4) is 5.88 Å². The molecule has 3 heterocycles. The fraction of sp³-hybridized carbons (Fsp3) is 0.471. The van der Waals surface area contributed by atoms with Gasteiger partial charge in [-0.2, -0.15) is 0 Å². The molecule has 0 aromatic carbocycles. The van der Waals surface area contributed by atoms with Gasteiger partial charge in [0.1, 0.15) is 5.82 Å². The summed E-state index contributed by atoms with van der Waals surface area (Å²) >= 11 is 0. The van der Waals surface area contributed by atoms with Gasteiger partial charge in [0.15, 0.2) is 0 Å². The maximum Gasteiger partial charge on any atom is 0.255 e. The monoisotopic (exact) mass is 329 g/mol. The molecular weight excluding hydrogens is 306 g/mol. The lowest BCUT2D eigenvalue weighted by Crippen LogP contribution is -2.52. The van der Waals surface area contributed by atoms with E-state index in [1.54, 1.807) is 26.6 Å². The number of rotatable bonds is 4. The van der Waals surface area contributed by atoms with Gasteiger partial charge in [0, 0.05) is 51.4 Å². The molecule has 1 unspecified atom stereocenters. The van der Waals surface area contributed by atoms with Crippen molar-refractivity contribution >= 4 is 5.82 Å². The Morgan fingerprint density at radius 1 is 1.33 bits per heavy atom. The summed E-state index contributed by atoms with van der Waals surface area (Å²) < 4.78 is 6.67. The fourth-order valence-corrected chi connectivity index (χ4v) is 2.93. The molecular formula is C17H23N5O2. The van der Waals surface area contributed by atoms with E-state index >= 15 is 0 Å². The summed E-state index contributed by atoms with van der Waals surface area (Å²) in [6.07, 6.45) is 1.58. The molecule has 1 aliphatic rings. The van der Waals surface area contributed by atoms with Gasteiger partial charge < -0.3 is 14.2 Å². The summed E-state index contributed by atoms with van der Waals surface area (Å²) in [7, 11) is 3.34. The molecule has 1 saturated heterocycles. The van der Waals surface area contributed by atoms with E-state index in [1.807, 2.05) is 18.2 Å². The Bertz CT molecular complexity index is 761. The molecule has 7 nitrogen and oxygen atoms in total. The third kappa shape index (κ3) is 3.56. The Morgan fingerprint density at radius 3 is 2.88 bits per heavy atom. The van der Waals surface area contributed by atoms with Crippen LogP contribution in [0.1, 0.15) is 12.6 Å². The SMILES string of the molecule is COc1cccc(CN2CCN(c3cc(=O)n(C)cn3)CC2C)n1. The van der Waals surface area contributed by atoms with E-state index < -0.39 is 0 Å². The molecule has 2 aromatic heterocycles. The number of methoxy groups -OCH3 is 1. The van der Waals surface area contributed by atoms with Gasteiger partial charge in [-0.3, -0.25) is 9.69 Å². The lowest BCUT2D eigenvalue weighted by Gasteiger charge is -2.40. The number of aryl methyl sites for hydroxylation is 1. The van der Waals surface area contributed by atoms with Crippen molar-refractivity contribution < 1.29 is 4.74 Å². The molecule has 0 aliphatic carbocycles. The van der Waals surface area contributed by atoms with E-state index in [9.17, 15) is 4.79 Å². The summed E-state index contributed by atoms with van der Waals surface area (Å²) in [4.78, 5) is 25.2. The van der Waals surface area contributed by atoms with Crippen LogP contribution in [0.2, 0.25) is 0 Å². The maximum atomic E-state index is 11.8. The van der Waals surface area contributed by atoms with Crippen LogP contribution < -0.4 is 15.2 Å². The number of pyridine rings is 1. The molecule has 2 aromatic rings. The molecule has 1 atom stereocenters. The quantitative estimate of drug-likeness (QED) is 0.830. The number of piperazine rings is 1. The van der Waals surface area contributed by atoms with Crippen LogP contribution in [-0.4, -0.2) is 52.2 Å². The summed E-state index contributed by atoms with van der Waals surface area (Å²) in [5.41, 5.74) is 0.969. The predicted molar refractivity (Wildman–Crippen MR) is 92.4 cm³/mol. The molecule has 0 spiro atoms. The predicted octanol–water partition coefficient (Wildman–Crippen LogP) is 0.895. The molecule has 3 rings (SSSR count). The van der Waals surface area contributed by atoms with E-state index in [0.717, 1.165) is 37.7 Å². The Kier molecular flexibility index (Phi) is 4.80. The van der Waals surface area contributed by atoms with Crippen molar-refractivity contribution in [1.29, 1.82) is 0 Å². The van der Waals surface area contributed by atoms with Crippen LogP contribution >= 0.6 is 0 Å². The fourth-order valence-electron chi connectivity index (χ4n) is 2.93. The van der Waals surface area contributed by atoms with E-state index in [1.165, 1.54) is 4.57 Å². The Hall–Kier alpha value is -2.41. The molecule has 0 radical (unpaired) electrons. The minimum atomic E-state index is -0.0318. The van der Waals surface area contributed by atoms with Crippen LogP contribution in [0.25, 0.3) is 0 Å². The smallest absolute Gasteiger partial charge is 0.255 e. The zero-order chi connectivity index (χ0) is 17.1. The van der Waals surface area contributed by atoms with Gasteiger partial charge in [0.2, 0.25) is 5.88 Å². The summed E-state index contributed by atoms with van der Waals surface area (Å²) in [6, 6.07) is 7.78. The Balaban J connectivity index is 1.66. The van der Waals surface area contributed by atoms with E-state index in [2.05, 4.69) is 26.7 Å². The summed E-state index contributed by atoms with van der Waals surface area (Å²) in [5, 5.41) is 0. The number of aromatic nitrogens is 3. The van der Waals surface area contributed by atoms with E-state index in [0.29, 0.717) is 11.9 Å². The first-order valence-corrected chi connectivity index (χ1v) is 8.08. The van der Waals surface area contributed by atoms with Crippen molar-refractivity contribution in [1.82, 2.24) is 19.4 Å². The number of ether oxygens (including phenoxy) is 1. The topological polar surface area (TPSA) is 63.5 Å². The van der Waals surface area contributed by atoms with Gasteiger partial charge in [-0.05, 0) is 13.0 Å². The van der Waals surface area contributed by atoms with Gasteiger partial charge in [-0.25, -0.2) is 9.97 Å². The Labute approximate surface area is 141 Å². The molecule has 0 bridgehead atoms. The molecule has 0 saturated carbocycles. The standard InChI is InChI=1S/C17H23N5O2/c1-13-10-22(15-9-17(23)20(2)12-18-15)8-7-21(13)11-14-5-4-6-16(19-14)24-3/h4-6,9,12-13H,7-8,10-11H2,1-3H3. The van der Waals surface area contributed by atoms with Crippen molar-refractivity contribution in [2.45, 2.75) is 19.5 Å². The number of hydrogen-bond donors (Lipinski definition) is 0. The summed E-state index contributed by atoms with van der Waals surface area (Å²) in [5.74, 6) is 1.40. The minimum absolute atomic E-state index is 0.0318. The van der Waals surface area contributed by atoms with Gasteiger partial charge >= 0.3 is 0 Å². The molecule has 1 fully saturated rings. The molecule has 128 valence electrons. The number of nitrogens with zero attached hydrogens (tertiary/aromatic N) is 5. The lowest BCUT2D eigenvalue weighted by atomic mass is 10.1. The molecule has 24 heavy (non-hydrogen) atoms. The van der Waals surface area contributed by atoms with Crippen LogP contribution in [0.4, 0.5) is 5.82 Å². The minimum Gasteiger partial charge on any atom is -0.481 e. The molecule has 7 heteroatoms. The lowest BCUT2D eigenvalue weighted by molar-refractivity contribution is 0.178. The summed E-state index contributed by atoms with van der Waals surface area (Å²) in [6.45, 7) is 5.55. The average Bonchev–Trinajstić information content (AvgIpc) is 2.59. The third-order valence-electron chi connectivity index (χ3n) is 4.41. The second-order valence-corrected chi connectivity index (χ2v) is 6.13. The van der Waals surface area contributed by atoms with Crippen molar-refractivity contribution in [2.24, 2.45) is 7.05 Å². The third-order valence-corrected chi connectivity index (χ3v) is 4.41.